The third-order valence-corrected chi connectivity index (χ3v) is 5.50. The van der Waals surface area contributed by atoms with Gasteiger partial charge in [-0.05, 0) is 42.7 Å². The Morgan fingerprint density at radius 3 is 2.93 bits per heavy atom. The van der Waals surface area contributed by atoms with Gasteiger partial charge in [-0.3, -0.25) is 9.78 Å². The van der Waals surface area contributed by atoms with Crippen LogP contribution in [0.15, 0.2) is 42.7 Å². The molecule has 1 aliphatic carbocycles. The average molecular weight is 397 g/mol. The molecule has 1 saturated carbocycles. The molecule has 7 heteroatoms. The van der Waals surface area contributed by atoms with Crippen molar-refractivity contribution < 1.29 is 19.0 Å². The van der Waals surface area contributed by atoms with Crippen LogP contribution in [0.5, 0.6) is 5.75 Å². The number of amides is 1. The highest BCUT2D eigenvalue weighted by molar-refractivity contribution is 6.05. The number of pyridine rings is 1. The van der Waals surface area contributed by atoms with Gasteiger partial charge in [-0.2, -0.15) is 0 Å². The molecular formula is C22H24FN3O3. The van der Waals surface area contributed by atoms with E-state index in [2.05, 4.69) is 10.3 Å². The molecule has 152 valence electrons. The number of aromatic nitrogens is 2. The summed E-state index contributed by atoms with van der Waals surface area (Å²) in [4.78, 5) is 17.3. The van der Waals surface area contributed by atoms with Crippen molar-refractivity contribution in [3.8, 4) is 5.75 Å². The molecule has 1 amide bonds. The largest absolute Gasteiger partial charge is 0.494 e. The second-order valence-electron chi connectivity index (χ2n) is 7.44. The molecule has 29 heavy (non-hydrogen) atoms. The lowest BCUT2D eigenvalue weighted by molar-refractivity contribution is 0.0718. The molecule has 1 unspecified atom stereocenters. The summed E-state index contributed by atoms with van der Waals surface area (Å²) in [5.74, 6) is -0.484. The molecule has 6 nitrogen and oxygen atoms in total. The first-order valence-electron chi connectivity index (χ1n) is 9.82. The van der Waals surface area contributed by atoms with Gasteiger partial charge in [0, 0.05) is 18.9 Å². The van der Waals surface area contributed by atoms with Gasteiger partial charge in [0.05, 0.1) is 30.3 Å². The highest BCUT2D eigenvalue weighted by Crippen LogP contribution is 2.24. The summed E-state index contributed by atoms with van der Waals surface area (Å²) in [6.07, 6.45) is 6.31. The maximum absolute atomic E-state index is 14.1. The molecule has 2 atom stereocenters. The fourth-order valence-electron chi connectivity index (χ4n) is 3.95. The fourth-order valence-corrected chi connectivity index (χ4v) is 3.95. The van der Waals surface area contributed by atoms with Gasteiger partial charge in [-0.1, -0.05) is 18.9 Å². The van der Waals surface area contributed by atoms with Crippen LogP contribution in [-0.4, -0.2) is 39.8 Å². The SMILES string of the molecule is COc1ccc(Cn2cc(C(=O)NC3CCCC[C@@H]3O)c3ncccc32)cc1F. The van der Waals surface area contributed by atoms with E-state index in [4.69, 9.17) is 4.74 Å². The van der Waals surface area contributed by atoms with Crippen LogP contribution in [0.1, 0.15) is 41.6 Å². The van der Waals surface area contributed by atoms with Gasteiger partial charge in [0.15, 0.2) is 11.6 Å². The van der Waals surface area contributed by atoms with Gasteiger partial charge in [0.25, 0.3) is 5.91 Å². The molecule has 0 bridgehead atoms. The first-order chi connectivity index (χ1) is 14.1. The van der Waals surface area contributed by atoms with Crippen LogP contribution in [0.2, 0.25) is 0 Å². The van der Waals surface area contributed by atoms with Gasteiger partial charge in [0.1, 0.15) is 5.52 Å². The first kappa shape index (κ1) is 19.4. The Hall–Kier alpha value is -2.93. The monoisotopic (exact) mass is 397 g/mol. The second kappa shape index (κ2) is 8.21. The van der Waals surface area contributed by atoms with E-state index in [1.54, 1.807) is 30.6 Å². The lowest BCUT2D eigenvalue weighted by Crippen LogP contribution is -2.45. The maximum Gasteiger partial charge on any atom is 0.255 e. The minimum Gasteiger partial charge on any atom is -0.494 e. The van der Waals surface area contributed by atoms with Gasteiger partial charge < -0.3 is 19.7 Å². The van der Waals surface area contributed by atoms with E-state index in [0.717, 1.165) is 30.3 Å². The molecule has 0 saturated heterocycles. The number of fused-ring (bicyclic) bond motifs is 1. The topological polar surface area (TPSA) is 76.4 Å². The number of rotatable bonds is 5. The third kappa shape index (κ3) is 3.96. The number of aliphatic hydroxyl groups excluding tert-OH is 1. The lowest BCUT2D eigenvalue weighted by Gasteiger charge is -2.28. The van der Waals surface area contributed by atoms with E-state index in [0.29, 0.717) is 24.0 Å². The minimum atomic E-state index is -0.517. The Bertz CT molecular complexity index is 1030. The van der Waals surface area contributed by atoms with E-state index in [9.17, 15) is 14.3 Å². The van der Waals surface area contributed by atoms with Crippen molar-refractivity contribution in [2.75, 3.05) is 7.11 Å². The van der Waals surface area contributed by atoms with E-state index in [1.165, 1.54) is 13.2 Å². The van der Waals surface area contributed by atoms with Gasteiger partial charge in [-0.15, -0.1) is 0 Å². The third-order valence-electron chi connectivity index (χ3n) is 5.50. The van der Waals surface area contributed by atoms with Crippen molar-refractivity contribution in [2.24, 2.45) is 0 Å². The summed E-state index contributed by atoms with van der Waals surface area (Å²) in [5.41, 5.74) is 2.58. The Labute approximate surface area is 168 Å². The number of nitrogens with one attached hydrogen (secondary N) is 1. The molecule has 2 heterocycles. The maximum atomic E-state index is 14.1. The number of nitrogens with zero attached hydrogens (tertiary/aromatic N) is 2. The Balaban J connectivity index is 1.63. The highest BCUT2D eigenvalue weighted by Gasteiger charge is 2.26. The Morgan fingerprint density at radius 2 is 2.17 bits per heavy atom. The van der Waals surface area contributed by atoms with E-state index >= 15 is 0 Å². The molecule has 1 fully saturated rings. The highest BCUT2D eigenvalue weighted by atomic mass is 19.1. The quantitative estimate of drug-likeness (QED) is 0.693. The molecule has 2 N–H and O–H groups in total. The predicted octanol–water partition coefficient (Wildman–Crippen LogP) is 3.27. The number of hydrogen-bond donors (Lipinski definition) is 2. The van der Waals surface area contributed by atoms with Crippen molar-refractivity contribution in [3.05, 3.63) is 59.7 Å². The van der Waals surface area contributed by atoms with Crippen molar-refractivity contribution in [2.45, 2.75) is 44.4 Å². The van der Waals surface area contributed by atoms with Gasteiger partial charge >= 0.3 is 0 Å². The molecular weight excluding hydrogens is 373 g/mol. The lowest BCUT2D eigenvalue weighted by atomic mass is 9.92. The Kier molecular flexibility index (Phi) is 5.49. The molecule has 2 aromatic heterocycles. The van der Waals surface area contributed by atoms with Crippen molar-refractivity contribution in [1.29, 1.82) is 0 Å². The van der Waals surface area contributed by atoms with Crippen molar-refractivity contribution in [1.82, 2.24) is 14.9 Å². The van der Waals surface area contributed by atoms with Crippen LogP contribution in [0.3, 0.4) is 0 Å². The predicted molar refractivity (Wildman–Crippen MR) is 108 cm³/mol. The van der Waals surface area contributed by atoms with Crippen molar-refractivity contribution in [3.63, 3.8) is 0 Å². The number of carbonyl (C=O) groups is 1. The number of aliphatic hydroxyl groups is 1. The molecule has 3 aromatic rings. The van der Waals surface area contributed by atoms with Gasteiger partial charge in [0.2, 0.25) is 0 Å². The van der Waals surface area contributed by atoms with Crippen LogP contribution in [0.4, 0.5) is 4.39 Å². The van der Waals surface area contributed by atoms with Crippen molar-refractivity contribution >= 4 is 16.9 Å². The van der Waals surface area contributed by atoms with Crippen LogP contribution in [0.25, 0.3) is 11.0 Å². The first-order valence-corrected chi connectivity index (χ1v) is 9.82. The summed E-state index contributed by atoms with van der Waals surface area (Å²) < 4.78 is 20.9. The van der Waals surface area contributed by atoms with E-state index in [-0.39, 0.29) is 17.7 Å². The molecule has 0 radical (unpaired) electrons. The second-order valence-corrected chi connectivity index (χ2v) is 7.44. The van der Waals surface area contributed by atoms with Crippen LogP contribution in [0, 0.1) is 5.82 Å². The smallest absolute Gasteiger partial charge is 0.255 e. The number of carbonyl (C=O) groups excluding carboxylic acids is 1. The number of benzene rings is 1. The average Bonchev–Trinajstić information content (AvgIpc) is 3.09. The Morgan fingerprint density at radius 1 is 1.34 bits per heavy atom. The molecule has 1 aliphatic rings. The van der Waals surface area contributed by atoms with Crippen LogP contribution < -0.4 is 10.1 Å². The van der Waals surface area contributed by atoms with Gasteiger partial charge in [-0.25, -0.2) is 4.39 Å². The summed E-state index contributed by atoms with van der Waals surface area (Å²) in [7, 11) is 1.43. The zero-order valence-electron chi connectivity index (χ0n) is 16.3. The molecule has 0 aliphatic heterocycles. The minimum absolute atomic E-state index is 0.193. The summed E-state index contributed by atoms with van der Waals surface area (Å²) >= 11 is 0. The number of halogens is 1. The van der Waals surface area contributed by atoms with Crippen LogP contribution in [-0.2, 0) is 6.54 Å². The number of methoxy groups -OCH3 is 1. The number of hydrogen-bond acceptors (Lipinski definition) is 4. The summed E-state index contributed by atoms with van der Waals surface area (Å²) in [6.45, 7) is 0.391. The normalized spacial score (nSPS) is 19.3. The van der Waals surface area contributed by atoms with E-state index in [1.807, 2.05) is 10.6 Å². The number of ether oxygens (including phenoxy) is 1. The zero-order valence-corrected chi connectivity index (χ0v) is 16.3. The summed E-state index contributed by atoms with van der Waals surface area (Å²) in [5, 5.41) is 13.1. The molecule has 1 aromatic carbocycles. The molecule has 0 spiro atoms. The molecule has 4 rings (SSSR count). The standard InChI is InChI=1S/C22H24FN3O3/c1-29-20-9-8-14(11-16(20)23)12-26-13-15(21-18(26)6-4-10-24-21)22(28)25-17-5-2-3-7-19(17)27/h4,6,8-11,13,17,19,27H,2-3,5,7,12H2,1H3,(H,25,28)/t17?,19-/m0/s1. The summed E-state index contributed by atoms with van der Waals surface area (Å²) in [6, 6.07) is 8.26. The fraction of sp³-hybridized carbons (Fsp3) is 0.364. The van der Waals surface area contributed by atoms with Crippen LogP contribution >= 0.6 is 0 Å². The zero-order chi connectivity index (χ0) is 20.4. The van der Waals surface area contributed by atoms with E-state index < -0.39 is 11.9 Å².